The zero-order valence-corrected chi connectivity index (χ0v) is 39.7. The van der Waals surface area contributed by atoms with Crippen LogP contribution in [0.1, 0.15) is 248 Å². The molecule has 0 aliphatic heterocycles. The minimum atomic E-state index is -0.142. The van der Waals surface area contributed by atoms with Crippen molar-refractivity contribution in [2.75, 3.05) is 32.0 Å². The van der Waals surface area contributed by atoms with Crippen LogP contribution in [0.4, 0.5) is 5.00 Å². The molecule has 0 aliphatic carbocycles. The van der Waals surface area contributed by atoms with Gasteiger partial charge >= 0.3 is 11.9 Å². The Kier molecular flexibility index (Phi) is 36.1. The predicted molar refractivity (Wildman–Crippen MR) is 252 cm³/mol. The molecule has 1 rings (SSSR count). The molecule has 0 bridgehead atoms. The van der Waals surface area contributed by atoms with Crippen LogP contribution < -0.4 is 16.8 Å². The molecule has 0 saturated carbocycles. The van der Waals surface area contributed by atoms with Gasteiger partial charge in [-0.1, -0.05) is 169 Å². The maximum absolute atomic E-state index is 13.2. The van der Waals surface area contributed by atoms with Gasteiger partial charge in [0, 0.05) is 18.0 Å². The molecule has 1 aromatic heterocycles. The first-order valence-corrected chi connectivity index (χ1v) is 25.9. The van der Waals surface area contributed by atoms with E-state index in [9.17, 15) is 14.4 Å². The van der Waals surface area contributed by atoms with Crippen LogP contribution in [-0.2, 0) is 31.9 Å². The number of unbranched alkanes of at least 4 members (excludes halogenated alkanes) is 21. The highest BCUT2D eigenvalue weighted by Gasteiger charge is 2.23. The molecule has 0 aliphatic rings. The van der Waals surface area contributed by atoms with E-state index >= 15 is 0 Å². The van der Waals surface area contributed by atoms with Crippen LogP contribution in [0.15, 0.2) is 0 Å². The molecule has 0 radical (unpaired) electrons. The Morgan fingerprint density at radius 2 is 0.898 bits per heavy atom. The summed E-state index contributed by atoms with van der Waals surface area (Å²) in [5.74, 6) is -0.0691. The van der Waals surface area contributed by atoms with E-state index in [1.54, 1.807) is 11.3 Å². The average molecular weight is 848 g/mol. The fourth-order valence-electron chi connectivity index (χ4n) is 8.16. The molecule has 8 nitrogen and oxygen atoms in total. The molecule has 0 aromatic carbocycles. The first kappa shape index (κ1) is 54.9. The second kappa shape index (κ2) is 38.8. The Morgan fingerprint density at radius 1 is 0.525 bits per heavy atom. The maximum atomic E-state index is 13.2. The van der Waals surface area contributed by atoms with Crippen molar-refractivity contribution in [1.29, 1.82) is 0 Å². The number of nitrogens with one attached hydrogen (secondary N) is 1. The molecule has 1 aromatic rings. The largest absolute Gasteiger partial charge is 0.465 e. The smallest absolute Gasteiger partial charge is 0.308 e. The lowest BCUT2D eigenvalue weighted by Crippen LogP contribution is -2.30. The topological polar surface area (TPSA) is 134 Å². The number of carbonyl (C=O) groups is 3. The van der Waals surface area contributed by atoms with Gasteiger partial charge in [-0.2, -0.15) is 0 Å². The Morgan fingerprint density at radius 3 is 1.36 bits per heavy atom. The molecule has 5 N–H and O–H groups in total. The lowest BCUT2D eigenvalue weighted by Gasteiger charge is -2.16. The quantitative estimate of drug-likeness (QED) is 0.0440. The summed E-state index contributed by atoms with van der Waals surface area (Å²) in [5.41, 5.74) is 13.9. The zero-order chi connectivity index (χ0) is 43.2. The van der Waals surface area contributed by atoms with Crippen LogP contribution in [-0.4, -0.2) is 44.1 Å². The van der Waals surface area contributed by atoms with Crippen LogP contribution >= 0.6 is 11.3 Å². The Bertz CT molecular complexity index is 1170. The number of thiophene rings is 1. The van der Waals surface area contributed by atoms with Gasteiger partial charge in [-0.05, 0) is 76.2 Å². The number of nitrogen functional groups attached to an aromatic ring is 1. The first-order chi connectivity index (χ1) is 28.8. The third-order valence-corrected chi connectivity index (χ3v) is 13.0. The van der Waals surface area contributed by atoms with E-state index < -0.39 is 0 Å². The highest BCUT2D eigenvalue weighted by molar-refractivity contribution is 7.16. The van der Waals surface area contributed by atoms with Crippen molar-refractivity contribution in [2.45, 2.75) is 240 Å². The maximum Gasteiger partial charge on any atom is 0.308 e. The predicted octanol–water partition coefficient (Wildman–Crippen LogP) is 13.6. The van der Waals surface area contributed by atoms with E-state index in [1.807, 2.05) is 0 Å². The monoisotopic (exact) mass is 848 g/mol. The third-order valence-electron chi connectivity index (χ3n) is 11.9. The molecule has 59 heavy (non-hydrogen) atoms. The molecule has 1 amide bonds. The number of nitrogens with two attached hydrogens (primary N) is 2. The molecule has 1 heterocycles. The first-order valence-electron chi connectivity index (χ1n) is 25.1. The second-order valence-electron chi connectivity index (χ2n) is 17.3. The lowest BCUT2D eigenvalue weighted by atomic mass is 9.94. The van der Waals surface area contributed by atoms with Crippen molar-refractivity contribution >= 4 is 34.2 Å². The summed E-state index contributed by atoms with van der Waals surface area (Å²) in [6.07, 6.45) is 36.4. The number of anilines is 1. The highest BCUT2D eigenvalue weighted by atomic mass is 32.1. The minimum Gasteiger partial charge on any atom is -0.465 e. The molecular weight excluding hydrogens is 755 g/mol. The zero-order valence-electron chi connectivity index (χ0n) is 38.9. The number of hydrogen-bond acceptors (Lipinski definition) is 8. The van der Waals surface area contributed by atoms with Gasteiger partial charge in [0.2, 0.25) is 0 Å². The molecule has 0 fully saturated rings. The summed E-state index contributed by atoms with van der Waals surface area (Å²) < 4.78 is 11.7. The molecule has 2 atom stereocenters. The highest BCUT2D eigenvalue weighted by Crippen LogP contribution is 2.34. The summed E-state index contributed by atoms with van der Waals surface area (Å²) in [5, 5.41) is 3.51. The fourth-order valence-corrected chi connectivity index (χ4v) is 9.32. The molecule has 0 saturated heterocycles. The number of carbonyl (C=O) groups excluding carboxylic acids is 3. The number of rotatable bonds is 42. The van der Waals surface area contributed by atoms with Crippen molar-refractivity contribution in [2.24, 2.45) is 17.6 Å². The van der Waals surface area contributed by atoms with Gasteiger partial charge in [0.15, 0.2) is 0 Å². The molecule has 9 heteroatoms. The Labute approximate surface area is 367 Å². The number of hydrogen-bond donors (Lipinski definition) is 3. The Hall–Kier alpha value is -2.13. The summed E-state index contributed by atoms with van der Waals surface area (Å²) in [6, 6.07) is 0. The fraction of sp³-hybridized carbons (Fsp3) is 0.860. The van der Waals surface area contributed by atoms with Gasteiger partial charge in [0.25, 0.3) is 5.91 Å². The summed E-state index contributed by atoms with van der Waals surface area (Å²) in [4.78, 5) is 40.6. The van der Waals surface area contributed by atoms with E-state index in [4.69, 9.17) is 20.9 Å². The van der Waals surface area contributed by atoms with Gasteiger partial charge < -0.3 is 26.3 Å². The van der Waals surface area contributed by atoms with Crippen LogP contribution in [0.2, 0.25) is 0 Å². The summed E-state index contributed by atoms with van der Waals surface area (Å²) in [7, 11) is 0. The minimum absolute atomic E-state index is 0.00882. The van der Waals surface area contributed by atoms with E-state index in [0.29, 0.717) is 36.9 Å². The van der Waals surface area contributed by atoms with Crippen molar-refractivity contribution in [3.8, 4) is 0 Å². The van der Waals surface area contributed by atoms with E-state index in [0.717, 1.165) is 115 Å². The van der Waals surface area contributed by atoms with Gasteiger partial charge in [-0.3, -0.25) is 14.4 Å². The van der Waals surface area contributed by atoms with E-state index in [2.05, 4.69) is 33.0 Å². The molecule has 2 unspecified atom stereocenters. The summed E-state index contributed by atoms with van der Waals surface area (Å²) in [6.45, 7) is 10.7. The standard InChI is InChI=1S/C50H93N3O5S/c1-5-9-13-17-19-26-34-42(32-24-15-11-7-3)49(55)57-40-30-22-21-29-37-45-44(46(47(52)59-45)48(54)53-39-38-51)36-28-23-31-41-58-50(56)43(33-25-16-12-8-4)35-27-20-18-14-10-6-2/h42-43H,5-41,51-52H2,1-4H3,(H,53,54). The average Bonchev–Trinajstić information content (AvgIpc) is 3.55. The molecule has 0 spiro atoms. The number of aryl methyl sites for hydroxylation is 1. The van der Waals surface area contributed by atoms with Gasteiger partial charge in [0.1, 0.15) is 0 Å². The third kappa shape index (κ3) is 27.4. The van der Waals surface area contributed by atoms with Crippen molar-refractivity contribution in [1.82, 2.24) is 5.32 Å². The van der Waals surface area contributed by atoms with Crippen molar-refractivity contribution in [3.05, 3.63) is 16.0 Å². The van der Waals surface area contributed by atoms with Crippen LogP contribution in [0.5, 0.6) is 0 Å². The van der Waals surface area contributed by atoms with Crippen LogP contribution in [0, 0.1) is 11.8 Å². The second-order valence-corrected chi connectivity index (χ2v) is 18.4. The normalized spacial score (nSPS) is 12.4. The van der Waals surface area contributed by atoms with Gasteiger partial charge in [-0.15, -0.1) is 11.3 Å². The molecular formula is C50H93N3O5S. The van der Waals surface area contributed by atoms with Gasteiger partial charge in [-0.25, -0.2) is 0 Å². The van der Waals surface area contributed by atoms with Crippen LogP contribution in [0.3, 0.4) is 0 Å². The number of esters is 2. The van der Waals surface area contributed by atoms with Gasteiger partial charge in [0.05, 0.1) is 35.6 Å². The number of ether oxygens (including phenoxy) is 2. The van der Waals surface area contributed by atoms with E-state index in [-0.39, 0.29) is 29.7 Å². The molecule has 344 valence electrons. The SMILES string of the molecule is CCCCCCCCC(CCCCCC)C(=O)OCCCCCCc1sc(N)c(C(=O)NCCN)c1CCCCCOC(=O)C(CCCCCC)CCCCCCCC. The Balaban J connectivity index is 2.62. The summed E-state index contributed by atoms with van der Waals surface area (Å²) >= 11 is 1.54. The van der Waals surface area contributed by atoms with Crippen molar-refractivity contribution in [3.63, 3.8) is 0 Å². The lowest BCUT2D eigenvalue weighted by molar-refractivity contribution is -0.150. The van der Waals surface area contributed by atoms with Crippen LogP contribution in [0.25, 0.3) is 0 Å². The van der Waals surface area contributed by atoms with E-state index in [1.165, 1.54) is 108 Å². The van der Waals surface area contributed by atoms with Crippen molar-refractivity contribution < 1.29 is 23.9 Å². The number of amides is 1.